The van der Waals surface area contributed by atoms with Gasteiger partial charge in [-0.1, -0.05) is 37.0 Å². The summed E-state index contributed by atoms with van der Waals surface area (Å²) in [4.78, 5) is 14.7. The average molecular weight is 265 g/mol. The molecule has 1 fully saturated rings. The standard InChI is InChI=1S/C18H19NO/c1-4-11-19-16-8-7-13(2)12-15(16)14(3)18(17(19)20)9-5-6-10-18/h1,7-8,12H,3,5-6,9-11H2,2H3. The van der Waals surface area contributed by atoms with Gasteiger partial charge in [0.15, 0.2) is 0 Å². The molecule has 1 spiro atoms. The molecule has 0 unspecified atom stereocenters. The van der Waals surface area contributed by atoms with E-state index in [9.17, 15) is 4.79 Å². The molecule has 0 saturated heterocycles. The van der Waals surface area contributed by atoms with Crippen molar-refractivity contribution in [2.45, 2.75) is 32.6 Å². The second-order valence-electron chi connectivity index (χ2n) is 5.88. The molecule has 0 bridgehead atoms. The van der Waals surface area contributed by atoms with Crippen LogP contribution in [0.15, 0.2) is 24.8 Å². The first-order valence-electron chi connectivity index (χ1n) is 7.16. The minimum Gasteiger partial charge on any atom is -0.299 e. The third-order valence-corrected chi connectivity index (χ3v) is 4.71. The number of benzene rings is 1. The number of amides is 1. The molecule has 1 aliphatic carbocycles. The number of terminal acetylenes is 1. The second-order valence-corrected chi connectivity index (χ2v) is 5.88. The van der Waals surface area contributed by atoms with Gasteiger partial charge in [-0.2, -0.15) is 0 Å². The van der Waals surface area contributed by atoms with E-state index < -0.39 is 5.41 Å². The van der Waals surface area contributed by atoms with Gasteiger partial charge in [0.05, 0.1) is 17.6 Å². The highest BCUT2D eigenvalue weighted by molar-refractivity contribution is 6.12. The van der Waals surface area contributed by atoms with Gasteiger partial charge in [0.25, 0.3) is 0 Å². The highest BCUT2D eigenvalue weighted by Crippen LogP contribution is 2.54. The van der Waals surface area contributed by atoms with E-state index in [1.807, 2.05) is 12.1 Å². The van der Waals surface area contributed by atoms with Crippen LogP contribution in [0, 0.1) is 24.7 Å². The van der Waals surface area contributed by atoms with E-state index in [0.29, 0.717) is 6.54 Å². The number of carbonyl (C=O) groups excluding carboxylic acids is 1. The van der Waals surface area contributed by atoms with Crippen molar-refractivity contribution in [2.24, 2.45) is 5.41 Å². The Balaban J connectivity index is 2.20. The fourth-order valence-corrected chi connectivity index (χ4v) is 3.62. The molecule has 2 nitrogen and oxygen atoms in total. The molecular formula is C18H19NO. The number of fused-ring (bicyclic) bond motifs is 1. The summed E-state index contributed by atoms with van der Waals surface area (Å²) in [6.07, 6.45) is 9.45. The van der Waals surface area contributed by atoms with Crippen LogP contribution in [0.4, 0.5) is 5.69 Å². The number of hydrogen-bond donors (Lipinski definition) is 0. The smallest absolute Gasteiger partial charge is 0.238 e. The highest BCUT2D eigenvalue weighted by Gasteiger charge is 2.50. The molecule has 1 aromatic carbocycles. The van der Waals surface area contributed by atoms with Gasteiger partial charge in [-0.05, 0) is 37.5 Å². The van der Waals surface area contributed by atoms with Crippen molar-refractivity contribution >= 4 is 17.2 Å². The van der Waals surface area contributed by atoms with Crippen molar-refractivity contribution in [3.05, 3.63) is 35.9 Å². The molecule has 1 amide bonds. The third-order valence-electron chi connectivity index (χ3n) is 4.71. The molecule has 20 heavy (non-hydrogen) atoms. The number of rotatable bonds is 1. The van der Waals surface area contributed by atoms with Crippen molar-refractivity contribution in [2.75, 3.05) is 11.4 Å². The quantitative estimate of drug-likeness (QED) is 0.711. The van der Waals surface area contributed by atoms with Gasteiger partial charge < -0.3 is 0 Å². The fourth-order valence-electron chi connectivity index (χ4n) is 3.62. The van der Waals surface area contributed by atoms with Gasteiger partial charge in [0.2, 0.25) is 5.91 Å². The lowest BCUT2D eigenvalue weighted by atomic mass is 9.71. The number of anilines is 1. The van der Waals surface area contributed by atoms with E-state index >= 15 is 0 Å². The monoisotopic (exact) mass is 265 g/mol. The Morgan fingerprint density at radius 3 is 2.75 bits per heavy atom. The van der Waals surface area contributed by atoms with Gasteiger partial charge >= 0.3 is 0 Å². The summed E-state index contributed by atoms with van der Waals surface area (Å²) < 4.78 is 0. The molecule has 1 aromatic rings. The molecule has 2 heteroatoms. The Bertz CT molecular complexity index is 629. The maximum Gasteiger partial charge on any atom is 0.238 e. The number of hydrogen-bond acceptors (Lipinski definition) is 1. The molecule has 1 aliphatic heterocycles. The largest absolute Gasteiger partial charge is 0.299 e. The van der Waals surface area contributed by atoms with Gasteiger partial charge in [-0.3, -0.25) is 9.69 Å². The summed E-state index contributed by atoms with van der Waals surface area (Å²) in [6.45, 7) is 6.68. The third kappa shape index (κ3) is 1.63. The molecule has 0 N–H and O–H groups in total. The molecule has 2 aliphatic rings. The molecular weight excluding hydrogens is 246 g/mol. The van der Waals surface area contributed by atoms with E-state index in [2.05, 4.69) is 25.5 Å². The van der Waals surface area contributed by atoms with Crippen LogP contribution < -0.4 is 4.90 Å². The summed E-state index contributed by atoms with van der Waals surface area (Å²) in [5.74, 6) is 2.77. The van der Waals surface area contributed by atoms with Crippen molar-refractivity contribution in [1.82, 2.24) is 0 Å². The second kappa shape index (κ2) is 4.52. The lowest BCUT2D eigenvalue weighted by Crippen LogP contribution is -2.47. The zero-order chi connectivity index (χ0) is 14.3. The first-order chi connectivity index (χ1) is 9.60. The number of aryl methyl sites for hydroxylation is 1. The lowest BCUT2D eigenvalue weighted by molar-refractivity contribution is -0.125. The molecule has 102 valence electrons. The Hall–Kier alpha value is -2.01. The van der Waals surface area contributed by atoms with Crippen molar-refractivity contribution in [3.8, 4) is 12.3 Å². The van der Waals surface area contributed by atoms with Crippen LogP contribution in [0.5, 0.6) is 0 Å². The topological polar surface area (TPSA) is 20.3 Å². The zero-order valence-electron chi connectivity index (χ0n) is 11.9. The first-order valence-corrected chi connectivity index (χ1v) is 7.16. The van der Waals surface area contributed by atoms with E-state index in [4.69, 9.17) is 6.42 Å². The van der Waals surface area contributed by atoms with Crippen LogP contribution >= 0.6 is 0 Å². The predicted molar refractivity (Wildman–Crippen MR) is 82.3 cm³/mol. The summed E-state index contributed by atoms with van der Waals surface area (Å²) in [5, 5.41) is 0. The summed E-state index contributed by atoms with van der Waals surface area (Å²) >= 11 is 0. The van der Waals surface area contributed by atoms with E-state index in [0.717, 1.165) is 42.5 Å². The fraction of sp³-hybridized carbons (Fsp3) is 0.389. The molecule has 3 rings (SSSR count). The zero-order valence-corrected chi connectivity index (χ0v) is 11.9. The Labute approximate surface area is 120 Å². The van der Waals surface area contributed by atoms with Gasteiger partial charge in [-0.25, -0.2) is 0 Å². The summed E-state index contributed by atoms with van der Waals surface area (Å²) in [7, 11) is 0. The summed E-state index contributed by atoms with van der Waals surface area (Å²) in [5.41, 5.74) is 3.79. The lowest BCUT2D eigenvalue weighted by Gasteiger charge is -2.41. The van der Waals surface area contributed by atoms with Gasteiger partial charge in [0, 0.05) is 5.56 Å². The molecule has 1 saturated carbocycles. The van der Waals surface area contributed by atoms with Gasteiger partial charge in [-0.15, -0.1) is 6.42 Å². The number of carbonyl (C=O) groups is 1. The van der Waals surface area contributed by atoms with E-state index in [1.54, 1.807) is 4.90 Å². The minimum absolute atomic E-state index is 0.148. The summed E-state index contributed by atoms with van der Waals surface area (Å²) in [6, 6.07) is 6.15. The Morgan fingerprint density at radius 2 is 2.10 bits per heavy atom. The maximum atomic E-state index is 13.0. The normalized spacial score (nSPS) is 20.1. The molecule has 0 radical (unpaired) electrons. The predicted octanol–water partition coefficient (Wildman–Crippen LogP) is 3.55. The van der Waals surface area contributed by atoms with Crippen LogP contribution in [-0.2, 0) is 4.79 Å². The number of nitrogens with zero attached hydrogens (tertiary/aromatic N) is 1. The first kappa shape index (κ1) is 13.0. The average Bonchev–Trinajstić information content (AvgIpc) is 2.93. The van der Waals surface area contributed by atoms with E-state index in [1.165, 1.54) is 5.56 Å². The minimum atomic E-state index is -0.405. The maximum absolute atomic E-state index is 13.0. The van der Waals surface area contributed by atoms with E-state index in [-0.39, 0.29) is 5.91 Å². The van der Waals surface area contributed by atoms with Crippen LogP contribution in [0.25, 0.3) is 5.57 Å². The molecule has 1 heterocycles. The SMILES string of the molecule is C#CCN1C(=O)C2(CCCC2)C(=C)c2cc(C)ccc21. The molecule has 0 atom stereocenters. The Morgan fingerprint density at radius 1 is 1.40 bits per heavy atom. The van der Waals surface area contributed by atoms with Gasteiger partial charge in [0.1, 0.15) is 0 Å². The highest BCUT2D eigenvalue weighted by atomic mass is 16.2. The Kier molecular flexibility index (Phi) is 2.94. The van der Waals surface area contributed by atoms with Crippen molar-refractivity contribution in [1.29, 1.82) is 0 Å². The molecule has 0 aromatic heterocycles. The van der Waals surface area contributed by atoms with Crippen LogP contribution in [-0.4, -0.2) is 12.5 Å². The van der Waals surface area contributed by atoms with Crippen LogP contribution in [0.1, 0.15) is 36.8 Å². The van der Waals surface area contributed by atoms with Crippen LogP contribution in [0.3, 0.4) is 0 Å². The van der Waals surface area contributed by atoms with Crippen molar-refractivity contribution in [3.63, 3.8) is 0 Å². The van der Waals surface area contributed by atoms with Crippen molar-refractivity contribution < 1.29 is 4.79 Å². The van der Waals surface area contributed by atoms with Crippen LogP contribution in [0.2, 0.25) is 0 Å².